The van der Waals surface area contributed by atoms with Gasteiger partial charge < -0.3 is 10.3 Å². The van der Waals surface area contributed by atoms with E-state index in [4.69, 9.17) is 4.98 Å². The number of rotatable bonds is 4. The number of aromatic amines is 1. The fourth-order valence-corrected chi connectivity index (χ4v) is 4.24. The number of benzene rings is 1. The minimum Gasteiger partial charge on any atom is -0.360 e. The molecule has 7 nitrogen and oxygen atoms in total. The van der Waals surface area contributed by atoms with Crippen molar-refractivity contribution in [3.8, 4) is 11.3 Å². The summed E-state index contributed by atoms with van der Waals surface area (Å²) in [7, 11) is 0. The summed E-state index contributed by atoms with van der Waals surface area (Å²) < 4.78 is 16.0. The molecule has 0 radical (unpaired) electrons. The van der Waals surface area contributed by atoms with Crippen molar-refractivity contribution in [1.82, 2.24) is 29.3 Å². The van der Waals surface area contributed by atoms with Crippen LogP contribution in [0.15, 0.2) is 42.3 Å². The van der Waals surface area contributed by atoms with E-state index < -0.39 is 0 Å². The van der Waals surface area contributed by atoms with Crippen molar-refractivity contribution >= 4 is 33.3 Å². The molecule has 1 aromatic carbocycles. The van der Waals surface area contributed by atoms with Gasteiger partial charge in [0.05, 0.1) is 23.8 Å². The molecule has 140 valence electrons. The van der Waals surface area contributed by atoms with Crippen LogP contribution >= 0.6 is 11.3 Å². The Bertz CT molecular complexity index is 1300. The Morgan fingerprint density at radius 1 is 1.25 bits per heavy atom. The lowest BCUT2D eigenvalue weighted by molar-refractivity contribution is 0.628. The van der Waals surface area contributed by atoms with Crippen molar-refractivity contribution in [2.75, 3.05) is 5.32 Å². The van der Waals surface area contributed by atoms with E-state index in [1.807, 2.05) is 25.3 Å². The SMILES string of the molecule is Cc1csc2nc(C(C)Nc3ncnc4[nH]cnc34)c(-c3cccc(F)c3)n12. The van der Waals surface area contributed by atoms with Crippen LogP contribution in [-0.4, -0.2) is 29.3 Å². The van der Waals surface area contributed by atoms with Crippen LogP contribution in [0.3, 0.4) is 0 Å². The number of hydrogen-bond acceptors (Lipinski definition) is 6. The highest BCUT2D eigenvalue weighted by atomic mass is 32.1. The van der Waals surface area contributed by atoms with E-state index >= 15 is 0 Å². The average molecular weight is 393 g/mol. The van der Waals surface area contributed by atoms with E-state index in [-0.39, 0.29) is 11.9 Å². The van der Waals surface area contributed by atoms with Gasteiger partial charge in [-0.2, -0.15) is 0 Å². The number of aryl methyl sites for hydroxylation is 1. The molecule has 1 atom stereocenters. The van der Waals surface area contributed by atoms with Crippen LogP contribution in [0.4, 0.5) is 10.2 Å². The number of anilines is 1. The fourth-order valence-electron chi connectivity index (χ4n) is 3.37. The topological polar surface area (TPSA) is 83.8 Å². The number of imidazole rings is 2. The zero-order valence-electron chi connectivity index (χ0n) is 15.1. The van der Waals surface area contributed by atoms with Gasteiger partial charge in [0.1, 0.15) is 17.7 Å². The highest BCUT2D eigenvalue weighted by Crippen LogP contribution is 2.34. The maximum atomic E-state index is 13.9. The van der Waals surface area contributed by atoms with E-state index in [0.29, 0.717) is 17.0 Å². The third-order valence-corrected chi connectivity index (χ3v) is 5.58. The molecule has 9 heteroatoms. The standard InChI is InChI=1S/C19H16FN7S/c1-10-7-28-19-26-14(16(27(10)19)12-4-3-5-13(20)6-12)11(2)25-18-15-17(22-8-21-15)23-9-24-18/h3-9,11H,1-2H3,(H2,21,22,23,24,25). The summed E-state index contributed by atoms with van der Waals surface area (Å²) in [6, 6.07) is 6.41. The molecule has 1 unspecified atom stereocenters. The van der Waals surface area contributed by atoms with Crippen LogP contribution in [0.2, 0.25) is 0 Å². The molecule has 4 heterocycles. The number of nitrogens with one attached hydrogen (secondary N) is 2. The fraction of sp³-hybridized carbons (Fsp3) is 0.158. The lowest BCUT2D eigenvalue weighted by atomic mass is 10.1. The van der Waals surface area contributed by atoms with Gasteiger partial charge in [-0.05, 0) is 26.0 Å². The molecule has 0 amide bonds. The van der Waals surface area contributed by atoms with Crippen molar-refractivity contribution in [2.24, 2.45) is 0 Å². The Kier molecular flexibility index (Phi) is 3.83. The van der Waals surface area contributed by atoms with E-state index in [2.05, 4.69) is 29.7 Å². The quantitative estimate of drug-likeness (QED) is 0.474. The summed E-state index contributed by atoms with van der Waals surface area (Å²) in [5.74, 6) is 0.345. The molecule has 0 saturated heterocycles. The molecule has 0 spiro atoms. The van der Waals surface area contributed by atoms with E-state index in [0.717, 1.165) is 27.6 Å². The lowest BCUT2D eigenvalue weighted by Gasteiger charge is -2.15. The Labute approximate surface area is 163 Å². The number of hydrogen-bond donors (Lipinski definition) is 2. The van der Waals surface area contributed by atoms with Crippen molar-refractivity contribution in [1.29, 1.82) is 0 Å². The highest BCUT2D eigenvalue weighted by Gasteiger charge is 2.22. The first-order valence-electron chi connectivity index (χ1n) is 8.75. The van der Waals surface area contributed by atoms with Crippen molar-refractivity contribution in [3.63, 3.8) is 0 Å². The van der Waals surface area contributed by atoms with Crippen LogP contribution < -0.4 is 5.32 Å². The second kappa shape index (κ2) is 6.38. The second-order valence-corrected chi connectivity index (χ2v) is 7.38. The summed E-state index contributed by atoms with van der Waals surface area (Å²) in [6.45, 7) is 4.03. The van der Waals surface area contributed by atoms with E-state index in [9.17, 15) is 4.39 Å². The van der Waals surface area contributed by atoms with Gasteiger partial charge in [-0.1, -0.05) is 12.1 Å². The minimum atomic E-state index is -0.277. The van der Waals surface area contributed by atoms with Crippen molar-refractivity contribution in [3.05, 3.63) is 59.5 Å². The Hall–Kier alpha value is -3.33. The Morgan fingerprint density at radius 2 is 2.14 bits per heavy atom. The molecule has 0 aliphatic heterocycles. The van der Waals surface area contributed by atoms with Gasteiger partial charge in [-0.3, -0.25) is 4.40 Å². The number of nitrogens with zero attached hydrogens (tertiary/aromatic N) is 5. The number of H-pyrrole nitrogens is 1. The normalized spacial score (nSPS) is 12.7. The highest BCUT2D eigenvalue weighted by molar-refractivity contribution is 7.15. The molecule has 28 heavy (non-hydrogen) atoms. The van der Waals surface area contributed by atoms with Crippen LogP contribution in [0.5, 0.6) is 0 Å². The average Bonchev–Trinajstić information content (AvgIpc) is 3.38. The van der Waals surface area contributed by atoms with Gasteiger partial charge in [-0.25, -0.2) is 24.3 Å². The number of thiazole rings is 1. The maximum Gasteiger partial charge on any atom is 0.194 e. The largest absolute Gasteiger partial charge is 0.360 e. The summed E-state index contributed by atoms with van der Waals surface area (Å²) >= 11 is 1.56. The number of halogens is 1. The molecule has 0 aliphatic rings. The molecule has 0 aliphatic carbocycles. The predicted molar refractivity (Wildman–Crippen MR) is 107 cm³/mol. The van der Waals surface area contributed by atoms with E-state index in [1.54, 1.807) is 23.7 Å². The Balaban J connectivity index is 1.64. The van der Waals surface area contributed by atoms with Gasteiger partial charge in [0.25, 0.3) is 0 Å². The number of aromatic nitrogens is 6. The summed E-state index contributed by atoms with van der Waals surface area (Å²) in [4.78, 5) is 21.5. The van der Waals surface area contributed by atoms with Crippen LogP contribution in [0.25, 0.3) is 27.4 Å². The van der Waals surface area contributed by atoms with E-state index in [1.165, 1.54) is 18.5 Å². The van der Waals surface area contributed by atoms with Crippen molar-refractivity contribution < 1.29 is 4.39 Å². The van der Waals surface area contributed by atoms with Gasteiger partial charge in [-0.15, -0.1) is 11.3 Å². The zero-order valence-corrected chi connectivity index (χ0v) is 16.0. The van der Waals surface area contributed by atoms with Gasteiger partial charge in [0, 0.05) is 16.6 Å². The zero-order chi connectivity index (χ0) is 19.3. The summed E-state index contributed by atoms with van der Waals surface area (Å²) in [5.41, 5.74) is 4.87. The van der Waals surface area contributed by atoms with Crippen LogP contribution in [0.1, 0.15) is 24.4 Å². The van der Waals surface area contributed by atoms with Crippen LogP contribution in [-0.2, 0) is 0 Å². The maximum absolute atomic E-state index is 13.9. The molecule has 5 rings (SSSR count). The third-order valence-electron chi connectivity index (χ3n) is 4.64. The molecule has 2 N–H and O–H groups in total. The molecule has 4 aromatic heterocycles. The first-order valence-corrected chi connectivity index (χ1v) is 9.63. The molecule has 0 saturated carbocycles. The molecule has 5 aromatic rings. The van der Waals surface area contributed by atoms with Crippen LogP contribution in [0, 0.1) is 12.7 Å². The third kappa shape index (κ3) is 2.63. The second-order valence-electron chi connectivity index (χ2n) is 6.54. The van der Waals surface area contributed by atoms with Gasteiger partial charge >= 0.3 is 0 Å². The molecular weight excluding hydrogens is 377 g/mol. The summed E-state index contributed by atoms with van der Waals surface area (Å²) in [5, 5.41) is 5.43. The van der Waals surface area contributed by atoms with Gasteiger partial charge in [0.2, 0.25) is 0 Å². The lowest BCUT2D eigenvalue weighted by Crippen LogP contribution is -2.10. The minimum absolute atomic E-state index is 0.181. The van der Waals surface area contributed by atoms with Gasteiger partial charge in [0.15, 0.2) is 16.4 Å². The molecular formula is C19H16FN7S. The number of fused-ring (bicyclic) bond motifs is 2. The Morgan fingerprint density at radius 3 is 3.00 bits per heavy atom. The molecule has 0 bridgehead atoms. The molecule has 0 fully saturated rings. The smallest absolute Gasteiger partial charge is 0.194 e. The predicted octanol–water partition coefficient (Wildman–Crippen LogP) is 4.35. The summed E-state index contributed by atoms with van der Waals surface area (Å²) in [6.07, 6.45) is 3.07. The first kappa shape index (κ1) is 16.8. The monoisotopic (exact) mass is 393 g/mol. The van der Waals surface area contributed by atoms with Crippen molar-refractivity contribution in [2.45, 2.75) is 19.9 Å². The first-order chi connectivity index (χ1) is 13.6.